The first-order valence-electron chi connectivity index (χ1n) is 8.03. The van der Waals surface area contributed by atoms with Crippen LogP contribution < -0.4 is 10.1 Å². The van der Waals surface area contributed by atoms with Crippen molar-refractivity contribution in [1.29, 1.82) is 0 Å². The zero-order chi connectivity index (χ0) is 20.1. The second kappa shape index (κ2) is 8.30. The molecule has 0 aliphatic carbocycles. The number of amides is 1. The van der Waals surface area contributed by atoms with Crippen molar-refractivity contribution in [3.05, 3.63) is 44.8 Å². The third-order valence-electron chi connectivity index (χ3n) is 3.80. The van der Waals surface area contributed by atoms with Crippen LogP contribution >= 0.6 is 0 Å². The van der Waals surface area contributed by atoms with Crippen molar-refractivity contribution >= 4 is 23.3 Å². The lowest BCUT2D eigenvalue weighted by Crippen LogP contribution is -2.22. The van der Waals surface area contributed by atoms with E-state index in [9.17, 15) is 19.7 Å². The van der Waals surface area contributed by atoms with Crippen molar-refractivity contribution in [2.75, 3.05) is 19.0 Å². The molecule has 1 aromatic heterocycles. The van der Waals surface area contributed by atoms with E-state index in [2.05, 4.69) is 10.5 Å². The number of anilines is 1. The van der Waals surface area contributed by atoms with Gasteiger partial charge in [-0.1, -0.05) is 12.1 Å². The SMILES string of the molecule is CCc1noc(C)c1C(=O)OCC(=O)Nc1cc(OC)c([N+](=O)[O-])cc1C. The minimum absolute atomic E-state index is 0.00517. The average Bonchev–Trinajstić information content (AvgIpc) is 3.01. The summed E-state index contributed by atoms with van der Waals surface area (Å²) in [5.41, 5.74) is 1.22. The number of benzene rings is 1. The summed E-state index contributed by atoms with van der Waals surface area (Å²) < 4.78 is 14.9. The predicted octanol–water partition coefficient (Wildman–Crippen LogP) is 2.57. The zero-order valence-electron chi connectivity index (χ0n) is 15.3. The molecule has 10 nitrogen and oxygen atoms in total. The number of nitro groups is 1. The summed E-state index contributed by atoms with van der Waals surface area (Å²) in [7, 11) is 1.29. The molecule has 1 amide bonds. The van der Waals surface area contributed by atoms with Gasteiger partial charge in [0.2, 0.25) is 0 Å². The number of nitro benzene ring substituents is 1. The van der Waals surface area contributed by atoms with Crippen LogP contribution in [-0.2, 0) is 16.0 Å². The Morgan fingerprint density at radius 1 is 1.33 bits per heavy atom. The summed E-state index contributed by atoms with van der Waals surface area (Å²) in [5.74, 6) is -0.993. The monoisotopic (exact) mass is 377 g/mol. The quantitative estimate of drug-likeness (QED) is 0.442. The van der Waals surface area contributed by atoms with Crippen molar-refractivity contribution < 1.29 is 28.5 Å². The standard InChI is InChI=1S/C17H19N3O7/c1-5-11-16(10(3)27-19-11)17(22)26-8-15(21)18-12-7-14(25-4)13(20(23)24)6-9(12)2/h6-7H,5,8H2,1-4H3,(H,18,21). The smallest absolute Gasteiger partial charge is 0.344 e. The number of esters is 1. The highest BCUT2D eigenvalue weighted by Gasteiger charge is 2.22. The number of carbonyl (C=O) groups excluding carboxylic acids is 2. The highest BCUT2D eigenvalue weighted by Crippen LogP contribution is 2.32. The van der Waals surface area contributed by atoms with Crippen molar-refractivity contribution in [2.45, 2.75) is 27.2 Å². The number of aromatic nitrogens is 1. The van der Waals surface area contributed by atoms with E-state index in [1.165, 1.54) is 19.2 Å². The van der Waals surface area contributed by atoms with Gasteiger partial charge in [-0.25, -0.2) is 4.79 Å². The molecule has 0 bridgehead atoms. The van der Waals surface area contributed by atoms with Crippen molar-refractivity contribution in [3.63, 3.8) is 0 Å². The molecule has 1 aromatic carbocycles. The summed E-state index contributed by atoms with van der Waals surface area (Å²) in [6, 6.07) is 2.63. The Bertz CT molecular complexity index is 889. The lowest BCUT2D eigenvalue weighted by atomic mass is 10.1. The third kappa shape index (κ3) is 4.40. The molecular weight excluding hydrogens is 358 g/mol. The number of hydrogen-bond donors (Lipinski definition) is 1. The van der Waals surface area contributed by atoms with Crippen LogP contribution in [0.2, 0.25) is 0 Å². The molecule has 0 spiro atoms. The Morgan fingerprint density at radius 3 is 2.63 bits per heavy atom. The van der Waals surface area contributed by atoms with Gasteiger partial charge in [-0.05, 0) is 25.8 Å². The van der Waals surface area contributed by atoms with Crippen LogP contribution in [0.25, 0.3) is 0 Å². The summed E-state index contributed by atoms with van der Waals surface area (Å²) in [6.07, 6.45) is 0.482. The van der Waals surface area contributed by atoms with E-state index < -0.39 is 23.4 Å². The average molecular weight is 377 g/mol. The normalized spacial score (nSPS) is 10.4. The van der Waals surface area contributed by atoms with E-state index in [-0.39, 0.29) is 17.0 Å². The van der Waals surface area contributed by atoms with E-state index in [0.717, 1.165) is 0 Å². The van der Waals surface area contributed by atoms with Gasteiger partial charge in [-0.15, -0.1) is 0 Å². The molecule has 0 aliphatic rings. The molecule has 27 heavy (non-hydrogen) atoms. The van der Waals surface area contributed by atoms with E-state index in [4.69, 9.17) is 14.0 Å². The van der Waals surface area contributed by atoms with Gasteiger partial charge in [-0.3, -0.25) is 14.9 Å². The number of nitrogens with one attached hydrogen (secondary N) is 1. The number of methoxy groups -OCH3 is 1. The summed E-state index contributed by atoms with van der Waals surface area (Å²) in [6.45, 7) is 4.45. The maximum absolute atomic E-state index is 12.2. The maximum Gasteiger partial charge on any atom is 0.344 e. The molecule has 0 saturated carbocycles. The predicted molar refractivity (Wildman–Crippen MR) is 93.9 cm³/mol. The number of hydrogen-bond acceptors (Lipinski definition) is 8. The molecule has 0 unspecified atom stereocenters. The van der Waals surface area contributed by atoms with Gasteiger partial charge in [-0.2, -0.15) is 0 Å². The molecule has 144 valence electrons. The fourth-order valence-corrected chi connectivity index (χ4v) is 2.42. The molecule has 2 rings (SSSR count). The first-order valence-corrected chi connectivity index (χ1v) is 8.03. The molecule has 0 radical (unpaired) electrons. The number of nitrogens with zero attached hydrogens (tertiary/aromatic N) is 2. The molecule has 0 atom stereocenters. The lowest BCUT2D eigenvalue weighted by molar-refractivity contribution is -0.385. The van der Waals surface area contributed by atoms with Crippen LogP contribution in [0.4, 0.5) is 11.4 Å². The Morgan fingerprint density at radius 2 is 2.04 bits per heavy atom. The summed E-state index contributed by atoms with van der Waals surface area (Å²) in [4.78, 5) is 34.7. The second-order valence-corrected chi connectivity index (χ2v) is 5.63. The summed E-state index contributed by atoms with van der Waals surface area (Å²) >= 11 is 0. The van der Waals surface area contributed by atoms with E-state index in [1.54, 1.807) is 13.8 Å². The van der Waals surface area contributed by atoms with E-state index in [1.807, 2.05) is 6.92 Å². The lowest BCUT2D eigenvalue weighted by Gasteiger charge is -2.11. The Balaban J connectivity index is 2.07. The van der Waals surface area contributed by atoms with E-state index >= 15 is 0 Å². The first kappa shape index (κ1) is 19.9. The van der Waals surface area contributed by atoms with Gasteiger partial charge >= 0.3 is 11.7 Å². The summed E-state index contributed by atoms with van der Waals surface area (Å²) in [5, 5.41) is 17.3. The number of aryl methyl sites for hydroxylation is 3. The highest BCUT2D eigenvalue weighted by molar-refractivity contribution is 5.97. The largest absolute Gasteiger partial charge is 0.490 e. The van der Waals surface area contributed by atoms with Crippen LogP contribution in [0, 0.1) is 24.0 Å². The minimum Gasteiger partial charge on any atom is -0.490 e. The molecule has 10 heteroatoms. The van der Waals surface area contributed by atoms with Crippen molar-refractivity contribution in [2.24, 2.45) is 0 Å². The topological polar surface area (TPSA) is 134 Å². The van der Waals surface area contributed by atoms with Gasteiger partial charge in [0.05, 0.1) is 17.7 Å². The van der Waals surface area contributed by atoms with Gasteiger partial charge in [0.25, 0.3) is 5.91 Å². The number of rotatable bonds is 7. The van der Waals surface area contributed by atoms with Crippen LogP contribution in [-0.4, -0.2) is 35.7 Å². The number of carbonyl (C=O) groups is 2. The second-order valence-electron chi connectivity index (χ2n) is 5.63. The van der Waals surface area contributed by atoms with Gasteiger partial charge in [0.15, 0.2) is 12.4 Å². The van der Waals surface area contributed by atoms with Crippen LogP contribution in [0.1, 0.15) is 34.3 Å². The molecule has 0 saturated heterocycles. The van der Waals surface area contributed by atoms with E-state index in [0.29, 0.717) is 29.1 Å². The highest BCUT2D eigenvalue weighted by atomic mass is 16.6. The molecular formula is C17H19N3O7. The Labute approximate surface area is 154 Å². The Kier molecular flexibility index (Phi) is 6.11. The van der Waals surface area contributed by atoms with Crippen LogP contribution in [0.5, 0.6) is 5.75 Å². The first-order chi connectivity index (χ1) is 12.8. The molecule has 1 N–H and O–H groups in total. The van der Waals surface area contributed by atoms with Crippen LogP contribution in [0.15, 0.2) is 16.7 Å². The van der Waals surface area contributed by atoms with Gasteiger partial charge in [0.1, 0.15) is 11.3 Å². The maximum atomic E-state index is 12.2. The molecule has 0 fully saturated rings. The van der Waals surface area contributed by atoms with Crippen LogP contribution in [0.3, 0.4) is 0 Å². The van der Waals surface area contributed by atoms with Gasteiger partial charge in [0, 0.05) is 17.8 Å². The van der Waals surface area contributed by atoms with Gasteiger partial charge < -0.3 is 19.3 Å². The Hall–Kier alpha value is -3.43. The van der Waals surface area contributed by atoms with Crippen molar-refractivity contribution in [3.8, 4) is 5.75 Å². The molecule has 2 aromatic rings. The van der Waals surface area contributed by atoms with Crippen molar-refractivity contribution in [1.82, 2.24) is 5.16 Å². The zero-order valence-corrected chi connectivity index (χ0v) is 15.3. The molecule has 0 aliphatic heterocycles. The minimum atomic E-state index is -0.709. The third-order valence-corrected chi connectivity index (χ3v) is 3.80. The fourth-order valence-electron chi connectivity index (χ4n) is 2.42. The number of ether oxygens (including phenoxy) is 2. The fraction of sp³-hybridized carbons (Fsp3) is 0.353. The molecule has 1 heterocycles.